The first-order valence-corrected chi connectivity index (χ1v) is 10.4. The van der Waals surface area contributed by atoms with Crippen LogP contribution >= 0.6 is 0 Å². The Kier molecular flexibility index (Phi) is 5.45. The second kappa shape index (κ2) is 8.46. The van der Waals surface area contributed by atoms with Crippen LogP contribution in [0.2, 0.25) is 0 Å². The normalized spacial score (nSPS) is 20.5. The lowest BCUT2D eigenvalue weighted by Crippen LogP contribution is -2.55. The quantitative estimate of drug-likeness (QED) is 0.479. The predicted octanol–water partition coefficient (Wildman–Crippen LogP) is 0.536. The van der Waals surface area contributed by atoms with Gasteiger partial charge >= 0.3 is 0 Å². The number of aromatic nitrogens is 5. The van der Waals surface area contributed by atoms with Crippen LogP contribution in [0.5, 0.6) is 5.75 Å². The highest BCUT2D eigenvalue weighted by molar-refractivity contribution is 5.84. The summed E-state index contributed by atoms with van der Waals surface area (Å²) in [5, 5.41) is 2.88. The first kappa shape index (κ1) is 21.9. The lowest BCUT2D eigenvalue weighted by atomic mass is 10.1. The van der Waals surface area contributed by atoms with Gasteiger partial charge < -0.3 is 25.4 Å². The molecule has 1 fully saturated rings. The molecule has 1 aromatic carbocycles. The van der Waals surface area contributed by atoms with E-state index in [1.54, 1.807) is 18.2 Å². The third kappa shape index (κ3) is 3.76. The van der Waals surface area contributed by atoms with E-state index in [-0.39, 0.29) is 29.1 Å². The van der Waals surface area contributed by atoms with E-state index < -0.39 is 17.9 Å². The summed E-state index contributed by atoms with van der Waals surface area (Å²) in [7, 11) is 1.44. The molecule has 1 atom stereocenters. The second-order valence-electron chi connectivity index (χ2n) is 7.65. The first-order valence-electron chi connectivity index (χ1n) is 10.4. The van der Waals surface area contributed by atoms with E-state index in [0.717, 1.165) is 0 Å². The number of rotatable bonds is 5. The molecule has 0 radical (unpaired) electrons. The van der Waals surface area contributed by atoms with Crippen LogP contribution in [-0.2, 0) is 10.4 Å². The summed E-state index contributed by atoms with van der Waals surface area (Å²) in [4.78, 5) is 23.5. The zero-order valence-electron chi connectivity index (χ0n) is 18.2. The molecular weight excluding hydrogens is 450 g/mol. The Morgan fingerprint density at radius 2 is 1.91 bits per heavy atom. The summed E-state index contributed by atoms with van der Waals surface area (Å²) < 4.78 is 40.1. The summed E-state index contributed by atoms with van der Waals surface area (Å²) in [6.45, 7) is 1.94. The van der Waals surface area contributed by atoms with Crippen LogP contribution in [0.1, 0.15) is 18.1 Å². The standard InChI is InChI=1S/C20H22F2N10O2/c1-33-12-4-2-3-11-14(12)26-16(15(21)22)32(11)19-28-17(20(24)10-25-9-13(23)30-20)27-18(29-19)31-5-7-34-8-6-31/h2-4,9-10,15,30H,5-8,23-24H2,1H3. The van der Waals surface area contributed by atoms with Crippen LogP contribution in [0.3, 0.4) is 0 Å². The summed E-state index contributed by atoms with van der Waals surface area (Å²) in [6.07, 6.45) is -0.140. The fourth-order valence-corrected chi connectivity index (χ4v) is 3.81. The Labute approximate surface area is 192 Å². The number of hydrogen-bond donors (Lipinski definition) is 3. The number of nitrogens with two attached hydrogens (primary N) is 2. The molecule has 1 unspecified atom stereocenters. The number of halogens is 2. The number of methoxy groups -OCH3 is 1. The van der Waals surface area contributed by atoms with Crippen molar-refractivity contribution in [2.24, 2.45) is 16.5 Å². The molecule has 4 heterocycles. The van der Waals surface area contributed by atoms with E-state index >= 15 is 0 Å². The Balaban J connectivity index is 1.75. The Hall–Kier alpha value is -3.91. The summed E-state index contributed by atoms with van der Waals surface area (Å²) >= 11 is 0. The van der Waals surface area contributed by atoms with E-state index in [2.05, 4.69) is 30.2 Å². The third-order valence-electron chi connectivity index (χ3n) is 5.41. The molecule has 178 valence electrons. The van der Waals surface area contributed by atoms with Gasteiger partial charge in [-0.05, 0) is 12.1 Å². The summed E-state index contributed by atoms with van der Waals surface area (Å²) in [6, 6.07) is 4.94. The zero-order valence-corrected chi connectivity index (χ0v) is 18.2. The maximum atomic E-state index is 14.1. The van der Waals surface area contributed by atoms with Crippen molar-refractivity contribution in [3.63, 3.8) is 0 Å². The highest BCUT2D eigenvalue weighted by Gasteiger charge is 2.34. The molecule has 0 spiro atoms. The van der Waals surface area contributed by atoms with Gasteiger partial charge in [0, 0.05) is 13.1 Å². The molecule has 2 aliphatic heterocycles. The monoisotopic (exact) mass is 472 g/mol. The van der Waals surface area contributed by atoms with Crippen molar-refractivity contribution in [1.29, 1.82) is 0 Å². The third-order valence-corrected chi connectivity index (χ3v) is 5.41. The highest BCUT2D eigenvalue weighted by atomic mass is 19.3. The van der Waals surface area contributed by atoms with E-state index in [1.807, 2.05) is 4.90 Å². The number of imidazole rings is 1. The van der Waals surface area contributed by atoms with Gasteiger partial charge in [0.05, 0.1) is 38.3 Å². The molecule has 0 bridgehead atoms. The second-order valence-corrected chi connectivity index (χ2v) is 7.65. The molecule has 2 aromatic heterocycles. The fourth-order valence-electron chi connectivity index (χ4n) is 3.81. The largest absolute Gasteiger partial charge is 0.494 e. The van der Waals surface area contributed by atoms with Crippen molar-refractivity contribution in [2.75, 3.05) is 38.3 Å². The minimum absolute atomic E-state index is 0.0451. The van der Waals surface area contributed by atoms with Crippen LogP contribution in [0.15, 0.2) is 35.2 Å². The van der Waals surface area contributed by atoms with Crippen molar-refractivity contribution in [3.05, 3.63) is 41.9 Å². The highest BCUT2D eigenvalue weighted by Crippen LogP contribution is 2.32. The number of hydrogen-bond acceptors (Lipinski definition) is 11. The van der Waals surface area contributed by atoms with Crippen molar-refractivity contribution >= 4 is 23.2 Å². The number of morpholine rings is 1. The van der Waals surface area contributed by atoms with Gasteiger partial charge in [0.25, 0.3) is 6.43 Å². The molecule has 14 heteroatoms. The van der Waals surface area contributed by atoms with Gasteiger partial charge in [-0.2, -0.15) is 15.0 Å². The maximum Gasteiger partial charge on any atom is 0.296 e. The topological polar surface area (TPSA) is 155 Å². The molecule has 1 saturated heterocycles. The lowest BCUT2D eigenvalue weighted by molar-refractivity contribution is 0.122. The van der Waals surface area contributed by atoms with Gasteiger partial charge in [-0.25, -0.2) is 13.8 Å². The Morgan fingerprint density at radius 1 is 1.15 bits per heavy atom. The molecule has 34 heavy (non-hydrogen) atoms. The zero-order chi connectivity index (χ0) is 23.9. The van der Waals surface area contributed by atoms with Gasteiger partial charge in [0.1, 0.15) is 17.1 Å². The number of nitrogens with one attached hydrogen (secondary N) is 1. The number of ether oxygens (including phenoxy) is 2. The van der Waals surface area contributed by atoms with Gasteiger partial charge in [0.2, 0.25) is 11.9 Å². The van der Waals surface area contributed by atoms with Gasteiger partial charge in [0.15, 0.2) is 17.3 Å². The van der Waals surface area contributed by atoms with E-state index in [0.29, 0.717) is 37.6 Å². The van der Waals surface area contributed by atoms with Crippen LogP contribution in [0.4, 0.5) is 14.7 Å². The number of alkyl halides is 2. The lowest BCUT2D eigenvalue weighted by Gasteiger charge is -2.31. The van der Waals surface area contributed by atoms with Crippen molar-refractivity contribution in [1.82, 2.24) is 29.8 Å². The average molecular weight is 472 g/mol. The van der Waals surface area contributed by atoms with Gasteiger partial charge in [-0.1, -0.05) is 6.07 Å². The number of benzene rings is 1. The number of fused-ring (bicyclic) bond motifs is 1. The van der Waals surface area contributed by atoms with Crippen LogP contribution in [-0.4, -0.2) is 64.1 Å². The number of aliphatic imine (C=N–C) groups is 1. The molecule has 5 rings (SSSR count). The first-order chi connectivity index (χ1) is 16.4. The summed E-state index contributed by atoms with van der Waals surface area (Å²) in [5.41, 5.74) is 11.4. The van der Waals surface area contributed by atoms with Crippen LogP contribution in [0.25, 0.3) is 17.0 Å². The van der Waals surface area contributed by atoms with E-state index in [9.17, 15) is 8.78 Å². The number of anilines is 1. The Bertz CT molecular complexity index is 1290. The SMILES string of the molecule is COc1cccc2c1nc(C(F)F)n2-c1nc(N2CCOCC2)nc(C2(N)C=NC=C(N)N2)n1. The number of nitrogens with zero attached hydrogens (tertiary/aromatic N) is 7. The van der Waals surface area contributed by atoms with Crippen molar-refractivity contribution in [3.8, 4) is 11.7 Å². The minimum Gasteiger partial charge on any atom is -0.494 e. The van der Waals surface area contributed by atoms with Gasteiger partial charge in [-0.15, -0.1) is 0 Å². The molecular formula is C20H22F2N10O2. The average Bonchev–Trinajstić information content (AvgIpc) is 3.24. The molecule has 0 amide bonds. The van der Waals surface area contributed by atoms with E-state index in [4.69, 9.17) is 20.9 Å². The van der Waals surface area contributed by atoms with Crippen molar-refractivity contribution in [2.45, 2.75) is 12.1 Å². The molecule has 12 nitrogen and oxygen atoms in total. The Morgan fingerprint density at radius 3 is 2.62 bits per heavy atom. The molecule has 5 N–H and O–H groups in total. The van der Waals surface area contributed by atoms with Crippen molar-refractivity contribution < 1.29 is 18.3 Å². The smallest absolute Gasteiger partial charge is 0.296 e. The van der Waals surface area contributed by atoms with Crippen LogP contribution in [0, 0.1) is 0 Å². The fraction of sp³-hybridized carbons (Fsp3) is 0.350. The molecule has 2 aliphatic rings. The van der Waals surface area contributed by atoms with Gasteiger partial charge in [-0.3, -0.25) is 15.3 Å². The maximum absolute atomic E-state index is 14.1. The molecule has 0 aliphatic carbocycles. The summed E-state index contributed by atoms with van der Waals surface area (Å²) in [5.74, 6) is 0.220. The molecule has 0 saturated carbocycles. The predicted molar refractivity (Wildman–Crippen MR) is 119 cm³/mol. The van der Waals surface area contributed by atoms with E-state index in [1.165, 1.54) is 24.1 Å². The van der Waals surface area contributed by atoms with Crippen LogP contribution < -0.4 is 26.4 Å². The minimum atomic E-state index is -2.91. The number of para-hydroxylation sites is 1. The molecule has 3 aromatic rings.